The van der Waals surface area contributed by atoms with Crippen molar-refractivity contribution in [2.45, 2.75) is 13.1 Å². The summed E-state index contributed by atoms with van der Waals surface area (Å²) in [5.41, 5.74) is -0.750. The van der Waals surface area contributed by atoms with E-state index in [-0.39, 0.29) is 21.5 Å². The van der Waals surface area contributed by atoms with Crippen LogP contribution in [0.5, 0.6) is 0 Å². The molecule has 0 aliphatic heterocycles. The molecule has 0 aliphatic carbocycles. The smallest absolute Gasteiger partial charge is 0.416 e. The average molecular weight is 337 g/mol. The number of carboxylic acids is 1. The zero-order valence-electron chi connectivity index (χ0n) is 10.5. The molecule has 21 heavy (non-hydrogen) atoms. The van der Waals surface area contributed by atoms with E-state index in [1.54, 1.807) is 6.92 Å². The van der Waals surface area contributed by atoms with Gasteiger partial charge in [0.15, 0.2) is 10.8 Å². The summed E-state index contributed by atoms with van der Waals surface area (Å²) in [5.74, 6) is -1.17. The predicted octanol–water partition coefficient (Wildman–Crippen LogP) is 4.57. The first kappa shape index (κ1) is 15.6. The van der Waals surface area contributed by atoms with Gasteiger partial charge in [0.25, 0.3) is 0 Å². The van der Waals surface area contributed by atoms with E-state index < -0.39 is 17.7 Å². The average Bonchev–Trinajstić information content (AvgIpc) is 2.71. The Labute approximate surface area is 126 Å². The Morgan fingerprint density at radius 2 is 2.10 bits per heavy atom. The molecule has 0 aliphatic rings. The van der Waals surface area contributed by atoms with E-state index in [0.717, 1.165) is 23.5 Å². The standard InChI is InChI=1S/C12H8ClF3N2O2S/c1-5-9(10(19)20)18-11(21-5)17-8-3-2-6(4-7(8)13)12(14,15)16/h2-4H,1H3,(H,17,18)(H,19,20). The van der Waals surface area contributed by atoms with Gasteiger partial charge in [-0.1, -0.05) is 11.6 Å². The molecule has 0 atom stereocenters. The van der Waals surface area contributed by atoms with Crippen LogP contribution in [-0.4, -0.2) is 16.1 Å². The van der Waals surface area contributed by atoms with Crippen LogP contribution >= 0.6 is 22.9 Å². The number of rotatable bonds is 3. The second kappa shape index (κ2) is 5.53. The largest absolute Gasteiger partial charge is 0.476 e. The van der Waals surface area contributed by atoms with E-state index >= 15 is 0 Å². The normalized spacial score (nSPS) is 11.5. The van der Waals surface area contributed by atoms with Gasteiger partial charge in [0.1, 0.15) is 0 Å². The summed E-state index contributed by atoms with van der Waals surface area (Å²) in [7, 11) is 0. The van der Waals surface area contributed by atoms with Gasteiger partial charge in [-0.25, -0.2) is 9.78 Å². The number of alkyl halides is 3. The summed E-state index contributed by atoms with van der Waals surface area (Å²) in [5, 5.41) is 11.7. The van der Waals surface area contributed by atoms with Crippen LogP contribution in [0, 0.1) is 6.92 Å². The molecule has 0 spiro atoms. The first-order valence-electron chi connectivity index (χ1n) is 5.53. The van der Waals surface area contributed by atoms with Crippen molar-refractivity contribution in [2.24, 2.45) is 0 Å². The van der Waals surface area contributed by atoms with Gasteiger partial charge in [0.2, 0.25) is 0 Å². The third-order valence-electron chi connectivity index (χ3n) is 2.54. The zero-order valence-corrected chi connectivity index (χ0v) is 12.0. The molecule has 0 fully saturated rings. The van der Waals surface area contributed by atoms with Crippen LogP contribution in [0.3, 0.4) is 0 Å². The molecule has 0 unspecified atom stereocenters. The van der Waals surface area contributed by atoms with Crippen molar-refractivity contribution in [3.05, 3.63) is 39.4 Å². The number of hydrogen-bond acceptors (Lipinski definition) is 4. The van der Waals surface area contributed by atoms with Crippen molar-refractivity contribution in [3.8, 4) is 0 Å². The summed E-state index contributed by atoms with van der Waals surface area (Å²) in [6, 6.07) is 2.84. The molecule has 9 heteroatoms. The van der Waals surface area contributed by atoms with E-state index in [0.29, 0.717) is 4.88 Å². The van der Waals surface area contributed by atoms with Crippen molar-refractivity contribution in [3.63, 3.8) is 0 Å². The highest BCUT2D eigenvalue weighted by molar-refractivity contribution is 7.15. The summed E-state index contributed by atoms with van der Waals surface area (Å²) in [6.45, 7) is 1.58. The van der Waals surface area contributed by atoms with Crippen LogP contribution in [0.25, 0.3) is 0 Å². The van der Waals surface area contributed by atoms with Gasteiger partial charge in [-0.3, -0.25) is 0 Å². The molecule has 1 aromatic heterocycles. The van der Waals surface area contributed by atoms with Crippen LogP contribution in [-0.2, 0) is 6.18 Å². The van der Waals surface area contributed by atoms with E-state index in [2.05, 4.69) is 10.3 Å². The number of thiazole rings is 1. The number of benzene rings is 1. The number of carbonyl (C=O) groups is 1. The molecular weight excluding hydrogens is 329 g/mol. The minimum Gasteiger partial charge on any atom is -0.476 e. The predicted molar refractivity (Wildman–Crippen MR) is 73.5 cm³/mol. The Balaban J connectivity index is 2.28. The van der Waals surface area contributed by atoms with Crippen molar-refractivity contribution in [1.82, 2.24) is 4.98 Å². The topological polar surface area (TPSA) is 62.2 Å². The minimum atomic E-state index is -4.48. The summed E-state index contributed by atoms with van der Waals surface area (Å²) < 4.78 is 37.6. The van der Waals surface area contributed by atoms with Crippen LogP contribution in [0.4, 0.5) is 24.0 Å². The Bertz CT molecular complexity index is 700. The maximum absolute atomic E-state index is 12.5. The number of nitrogens with zero attached hydrogens (tertiary/aromatic N) is 1. The molecule has 0 saturated carbocycles. The van der Waals surface area contributed by atoms with Crippen molar-refractivity contribution in [1.29, 1.82) is 0 Å². The van der Waals surface area contributed by atoms with Gasteiger partial charge >= 0.3 is 12.1 Å². The number of aryl methyl sites for hydroxylation is 1. The van der Waals surface area contributed by atoms with E-state index in [9.17, 15) is 18.0 Å². The van der Waals surface area contributed by atoms with Gasteiger partial charge in [-0.2, -0.15) is 13.2 Å². The SMILES string of the molecule is Cc1sc(Nc2ccc(C(F)(F)F)cc2Cl)nc1C(=O)O. The van der Waals surface area contributed by atoms with Crippen molar-refractivity contribution >= 4 is 39.7 Å². The molecule has 4 nitrogen and oxygen atoms in total. The first-order chi connectivity index (χ1) is 9.68. The third kappa shape index (κ3) is 3.45. The van der Waals surface area contributed by atoms with Crippen molar-refractivity contribution in [2.75, 3.05) is 5.32 Å². The zero-order chi connectivity index (χ0) is 15.8. The summed E-state index contributed by atoms with van der Waals surface area (Å²) in [4.78, 5) is 15.2. The van der Waals surface area contributed by atoms with Crippen LogP contribution in [0.15, 0.2) is 18.2 Å². The summed E-state index contributed by atoms with van der Waals surface area (Å²) >= 11 is 6.86. The molecule has 2 rings (SSSR count). The number of anilines is 2. The number of carboxylic acid groups (broad SMARTS) is 1. The lowest BCUT2D eigenvalue weighted by atomic mass is 10.2. The molecule has 2 N–H and O–H groups in total. The lowest BCUT2D eigenvalue weighted by Gasteiger charge is -2.10. The highest BCUT2D eigenvalue weighted by Gasteiger charge is 2.31. The maximum Gasteiger partial charge on any atom is 0.416 e. The molecule has 0 bridgehead atoms. The fourth-order valence-corrected chi connectivity index (χ4v) is 2.60. The Morgan fingerprint density at radius 3 is 2.57 bits per heavy atom. The highest BCUT2D eigenvalue weighted by Crippen LogP contribution is 2.35. The van der Waals surface area contributed by atoms with E-state index in [4.69, 9.17) is 16.7 Å². The number of aromatic carboxylic acids is 1. The molecular formula is C12H8ClF3N2O2S. The van der Waals surface area contributed by atoms with Crippen LogP contribution in [0.1, 0.15) is 20.9 Å². The van der Waals surface area contributed by atoms with Crippen LogP contribution in [0.2, 0.25) is 5.02 Å². The minimum absolute atomic E-state index is 0.106. The Hall–Kier alpha value is -1.80. The van der Waals surface area contributed by atoms with Gasteiger partial charge in [-0.05, 0) is 25.1 Å². The number of halogens is 4. The molecule has 1 heterocycles. The number of hydrogen-bond donors (Lipinski definition) is 2. The first-order valence-corrected chi connectivity index (χ1v) is 6.72. The molecule has 0 saturated heterocycles. The molecule has 0 amide bonds. The third-order valence-corrected chi connectivity index (χ3v) is 3.74. The Kier molecular flexibility index (Phi) is 4.11. The van der Waals surface area contributed by atoms with E-state index in [1.807, 2.05) is 0 Å². The maximum atomic E-state index is 12.5. The van der Waals surface area contributed by atoms with E-state index in [1.165, 1.54) is 6.07 Å². The highest BCUT2D eigenvalue weighted by atomic mass is 35.5. The van der Waals surface area contributed by atoms with Gasteiger partial charge in [0, 0.05) is 4.88 Å². The van der Waals surface area contributed by atoms with Crippen LogP contribution < -0.4 is 5.32 Å². The molecule has 1 aromatic carbocycles. The lowest BCUT2D eigenvalue weighted by Crippen LogP contribution is -2.05. The second-order valence-electron chi connectivity index (χ2n) is 4.05. The lowest BCUT2D eigenvalue weighted by molar-refractivity contribution is -0.137. The van der Waals surface area contributed by atoms with Crippen molar-refractivity contribution < 1.29 is 23.1 Å². The molecule has 0 radical (unpaired) electrons. The fraction of sp³-hybridized carbons (Fsp3) is 0.167. The monoisotopic (exact) mass is 336 g/mol. The Morgan fingerprint density at radius 1 is 1.43 bits per heavy atom. The number of nitrogens with one attached hydrogen (secondary N) is 1. The summed E-state index contributed by atoms with van der Waals surface area (Å²) in [6.07, 6.45) is -4.48. The molecule has 112 valence electrons. The molecule has 2 aromatic rings. The number of aromatic nitrogens is 1. The van der Waals surface area contributed by atoms with Gasteiger partial charge in [-0.15, -0.1) is 11.3 Å². The van der Waals surface area contributed by atoms with Gasteiger partial charge in [0.05, 0.1) is 16.3 Å². The quantitative estimate of drug-likeness (QED) is 0.862. The van der Waals surface area contributed by atoms with Gasteiger partial charge < -0.3 is 10.4 Å². The fourth-order valence-electron chi connectivity index (χ4n) is 1.56. The second-order valence-corrected chi connectivity index (χ2v) is 5.66.